The van der Waals surface area contributed by atoms with Crippen LogP contribution in [0.4, 0.5) is 10.5 Å². The molecular weight excluding hydrogens is 464 g/mol. The van der Waals surface area contributed by atoms with Crippen molar-refractivity contribution in [3.63, 3.8) is 0 Å². The lowest BCUT2D eigenvalue weighted by Gasteiger charge is -2.35. The van der Waals surface area contributed by atoms with Gasteiger partial charge >= 0.3 is 6.09 Å². The summed E-state index contributed by atoms with van der Waals surface area (Å²) in [5.41, 5.74) is 4.71. The number of hydrogen-bond acceptors (Lipinski definition) is 5. The number of benzene rings is 2. The third kappa shape index (κ3) is 5.63. The summed E-state index contributed by atoms with van der Waals surface area (Å²) in [6, 6.07) is 13.1. The number of carbonyl (C=O) groups is 2. The molecule has 2 aliphatic heterocycles. The van der Waals surface area contributed by atoms with Crippen LogP contribution in [0.15, 0.2) is 48.5 Å². The highest BCUT2D eigenvalue weighted by Gasteiger charge is 2.30. The van der Waals surface area contributed by atoms with E-state index in [-0.39, 0.29) is 18.0 Å². The number of anilines is 1. The van der Waals surface area contributed by atoms with Crippen molar-refractivity contribution in [2.75, 3.05) is 58.7 Å². The minimum atomic E-state index is -0.342. The van der Waals surface area contributed by atoms with Crippen LogP contribution in [0, 0.1) is 0 Å². The third-order valence-electron chi connectivity index (χ3n) is 6.71. The number of piperazine rings is 1. The van der Waals surface area contributed by atoms with Gasteiger partial charge in [0.15, 0.2) is 0 Å². The highest BCUT2D eigenvalue weighted by atomic mass is 35.5. The van der Waals surface area contributed by atoms with Crippen LogP contribution in [0.1, 0.15) is 40.9 Å². The zero-order valence-electron chi connectivity index (χ0n) is 20.6. The zero-order chi connectivity index (χ0) is 24.9. The van der Waals surface area contributed by atoms with Gasteiger partial charge in [0.2, 0.25) is 0 Å². The molecule has 8 heteroatoms. The number of ether oxygens (including phenoxy) is 1. The van der Waals surface area contributed by atoms with E-state index >= 15 is 0 Å². The molecule has 7 nitrogen and oxygen atoms in total. The molecule has 1 atom stereocenters. The topological polar surface area (TPSA) is 65.1 Å². The van der Waals surface area contributed by atoms with Crippen molar-refractivity contribution in [1.29, 1.82) is 0 Å². The zero-order valence-corrected chi connectivity index (χ0v) is 21.3. The predicted molar refractivity (Wildman–Crippen MR) is 140 cm³/mol. The van der Waals surface area contributed by atoms with Crippen molar-refractivity contribution in [3.8, 4) is 0 Å². The van der Waals surface area contributed by atoms with Crippen LogP contribution >= 0.6 is 11.6 Å². The number of rotatable bonds is 5. The highest BCUT2D eigenvalue weighted by molar-refractivity contribution is 6.30. The Kier molecular flexibility index (Phi) is 7.98. The molecule has 0 aromatic heterocycles. The highest BCUT2D eigenvalue weighted by Crippen LogP contribution is 2.37. The summed E-state index contributed by atoms with van der Waals surface area (Å²) >= 11 is 6.31. The second kappa shape index (κ2) is 11.1. The van der Waals surface area contributed by atoms with E-state index in [1.54, 1.807) is 4.90 Å². The number of amides is 2. The molecule has 1 fully saturated rings. The molecule has 2 aliphatic rings. The van der Waals surface area contributed by atoms with Crippen LogP contribution in [0.25, 0.3) is 5.57 Å². The molecule has 0 saturated carbocycles. The molecule has 35 heavy (non-hydrogen) atoms. The Labute approximate surface area is 212 Å². The lowest BCUT2D eigenvalue weighted by atomic mass is 9.91. The summed E-state index contributed by atoms with van der Waals surface area (Å²) in [6.45, 7) is 5.87. The average Bonchev–Trinajstić information content (AvgIpc) is 2.88. The molecule has 2 amide bonds. The van der Waals surface area contributed by atoms with Gasteiger partial charge in [0.1, 0.15) is 0 Å². The maximum absolute atomic E-state index is 13.0. The van der Waals surface area contributed by atoms with Crippen LogP contribution < -0.4 is 5.32 Å². The van der Waals surface area contributed by atoms with Crippen molar-refractivity contribution in [2.45, 2.75) is 19.4 Å². The number of nitrogens with zero attached hydrogens (tertiary/aromatic N) is 3. The molecular formula is C27H33ClN4O3. The van der Waals surface area contributed by atoms with Crippen molar-refractivity contribution >= 4 is 34.9 Å². The summed E-state index contributed by atoms with van der Waals surface area (Å²) in [7, 11) is 3.95. The molecule has 4 rings (SSSR count). The number of carbonyl (C=O) groups excluding carboxylic acids is 2. The minimum Gasteiger partial charge on any atom is -0.450 e. The van der Waals surface area contributed by atoms with Crippen molar-refractivity contribution in [3.05, 3.63) is 70.3 Å². The molecule has 1 unspecified atom stereocenters. The van der Waals surface area contributed by atoms with Crippen LogP contribution in [-0.4, -0.2) is 80.1 Å². The van der Waals surface area contributed by atoms with E-state index in [4.69, 9.17) is 16.3 Å². The Morgan fingerprint density at radius 1 is 1.06 bits per heavy atom. The molecule has 1 saturated heterocycles. The SMILES string of the molecule is CCOC(=O)N1CCC(c2cc(Cl)ccc2NC)=CC1c1ccc(C(=O)N2CCN(C)CC2)cc1. The molecule has 0 radical (unpaired) electrons. The maximum Gasteiger partial charge on any atom is 0.410 e. The van der Waals surface area contributed by atoms with E-state index in [1.165, 1.54) is 0 Å². The van der Waals surface area contributed by atoms with Gasteiger partial charge < -0.3 is 19.9 Å². The fraction of sp³-hybridized carbons (Fsp3) is 0.407. The van der Waals surface area contributed by atoms with E-state index in [2.05, 4.69) is 23.3 Å². The standard InChI is InChI=1S/C27H33ClN4O3/c1-4-35-27(34)32-12-11-21(23-18-22(28)9-10-24(23)29-2)17-25(32)19-5-7-20(8-6-19)26(33)31-15-13-30(3)14-16-31/h5-10,17-18,25,29H,4,11-16H2,1-3H3. The van der Waals surface area contributed by atoms with Gasteiger partial charge in [-0.15, -0.1) is 0 Å². The average molecular weight is 497 g/mol. The van der Waals surface area contributed by atoms with Gasteiger partial charge in [-0.2, -0.15) is 0 Å². The van der Waals surface area contributed by atoms with Crippen molar-refractivity contribution < 1.29 is 14.3 Å². The quantitative estimate of drug-likeness (QED) is 0.646. The van der Waals surface area contributed by atoms with Gasteiger partial charge in [0.25, 0.3) is 5.91 Å². The summed E-state index contributed by atoms with van der Waals surface area (Å²) in [4.78, 5) is 31.6. The second-order valence-corrected chi connectivity index (χ2v) is 9.37. The molecule has 1 N–H and O–H groups in total. The van der Waals surface area contributed by atoms with Gasteiger partial charge in [-0.05, 0) is 61.9 Å². The van der Waals surface area contributed by atoms with Crippen LogP contribution in [0.3, 0.4) is 0 Å². The van der Waals surface area contributed by atoms with E-state index in [0.29, 0.717) is 30.2 Å². The smallest absolute Gasteiger partial charge is 0.410 e. The molecule has 0 spiro atoms. The van der Waals surface area contributed by atoms with Gasteiger partial charge in [0.05, 0.1) is 12.6 Å². The van der Waals surface area contributed by atoms with Crippen molar-refractivity contribution in [2.24, 2.45) is 0 Å². The number of nitrogens with one attached hydrogen (secondary N) is 1. The first kappa shape index (κ1) is 25.1. The third-order valence-corrected chi connectivity index (χ3v) is 6.94. The predicted octanol–water partition coefficient (Wildman–Crippen LogP) is 4.76. The minimum absolute atomic E-state index is 0.0457. The first-order valence-electron chi connectivity index (χ1n) is 12.1. The van der Waals surface area contributed by atoms with E-state index < -0.39 is 0 Å². The first-order valence-corrected chi connectivity index (χ1v) is 12.5. The van der Waals surface area contributed by atoms with Crippen LogP contribution in [-0.2, 0) is 4.74 Å². The normalized spacial score (nSPS) is 18.7. The summed E-state index contributed by atoms with van der Waals surface area (Å²) in [5.74, 6) is 0.0457. The Morgan fingerprint density at radius 2 is 1.77 bits per heavy atom. The molecule has 186 valence electrons. The lowest BCUT2D eigenvalue weighted by molar-refractivity contribution is 0.0663. The number of hydrogen-bond donors (Lipinski definition) is 1. The Morgan fingerprint density at radius 3 is 2.43 bits per heavy atom. The maximum atomic E-state index is 13.0. The first-order chi connectivity index (χ1) is 16.9. The van der Waals surface area contributed by atoms with Crippen LogP contribution in [0.5, 0.6) is 0 Å². The molecule has 2 aromatic carbocycles. The van der Waals surface area contributed by atoms with E-state index in [1.807, 2.05) is 61.3 Å². The van der Waals surface area contributed by atoms with E-state index in [9.17, 15) is 9.59 Å². The second-order valence-electron chi connectivity index (χ2n) is 8.94. The van der Waals surface area contributed by atoms with Gasteiger partial charge in [-0.1, -0.05) is 29.8 Å². The Bertz CT molecular complexity index is 1090. The van der Waals surface area contributed by atoms with Gasteiger partial charge in [-0.3, -0.25) is 9.69 Å². The summed E-state index contributed by atoms with van der Waals surface area (Å²) in [6.07, 6.45) is 2.44. The van der Waals surface area contributed by atoms with Crippen molar-refractivity contribution in [1.82, 2.24) is 14.7 Å². The fourth-order valence-corrected chi connectivity index (χ4v) is 4.84. The summed E-state index contributed by atoms with van der Waals surface area (Å²) < 4.78 is 5.35. The lowest BCUT2D eigenvalue weighted by Crippen LogP contribution is -2.47. The molecule has 2 heterocycles. The molecule has 0 aliphatic carbocycles. The van der Waals surface area contributed by atoms with Gasteiger partial charge in [0, 0.05) is 61.6 Å². The summed E-state index contributed by atoms with van der Waals surface area (Å²) in [5, 5.41) is 3.90. The Balaban J connectivity index is 1.64. The van der Waals surface area contributed by atoms with Gasteiger partial charge in [-0.25, -0.2) is 4.79 Å². The number of halogens is 1. The largest absolute Gasteiger partial charge is 0.450 e. The number of likely N-dealkylation sites (N-methyl/N-ethyl adjacent to an activating group) is 1. The van der Waals surface area contributed by atoms with Crippen LogP contribution in [0.2, 0.25) is 5.02 Å². The van der Waals surface area contributed by atoms with E-state index in [0.717, 1.165) is 48.6 Å². The Hall–Kier alpha value is -3.03. The fourth-order valence-electron chi connectivity index (χ4n) is 4.67. The monoisotopic (exact) mass is 496 g/mol. The molecule has 2 aromatic rings. The molecule has 0 bridgehead atoms.